The Morgan fingerprint density at radius 3 is 2.24 bits per heavy atom. The second-order valence-electron chi connectivity index (χ2n) is 7.72. The fourth-order valence-corrected chi connectivity index (χ4v) is 3.74. The predicted molar refractivity (Wildman–Crippen MR) is 92.3 cm³/mol. The molecular weight excluding hydrogens is 256 g/mol. The Morgan fingerprint density at radius 1 is 1.05 bits per heavy atom. The molecule has 1 fully saturated rings. The zero-order chi connectivity index (χ0) is 15.9. The van der Waals surface area contributed by atoms with Crippen LogP contribution in [0.1, 0.15) is 79.6 Å². The molecule has 3 atom stereocenters. The van der Waals surface area contributed by atoms with Crippen molar-refractivity contribution < 1.29 is 4.79 Å². The number of hydrogen-bond donors (Lipinski definition) is 0. The molecule has 120 valence electrons. The second-order valence-corrected chi connectivity index (χ2v) is 7.72. The van der Waals surface area contributed by atoms with Crippen molar-refractivity contribution in [3.05, 3.63) is 23.3 Å². The first-order chi connectivity index (χ1) is 9.87. The molecule has 0 N–H and O–H groups in total. The molecule has 0 aromatic heterocycles. The molecule has 0 aliphatic heterocycles. The smallest absolute Gasteiger partial charge is 0.123 e. The fraction of sp³-hybridized carbons (Fsp3) is 0.750. The number of rotatable bonds is 7. The van der Waals surface area contributed by atoms with Crippen molar-refractivity contribution in [1.82, 2.24) is 0 Å². The molecule has 0 radical (unpaired) electrons. The topological polar surface area (TPSA) is 17.1 Å². The van der Waals surface area contributed by atoms with Gasteiger partial charge in [-0.3, -0.25) is 0 Å². The first-order valence-electron chi connectivity index (χ1n) is 8.59. The highest BCUT2D eigenvalue weighted by Gasteiger charge is 2.39. The lowest BCUT2D eigenvalue weighted by molar-refractivity contribution is -0.117. The predicted octanol–water partition coefficient (Wildman–Crippen LogP) is 6.10. The van der Waals surface area contributed by atoms with E-state index in [1.165, 1.54) is 43.1 Å². The van der Waals surface area contributed by atoms with Crippen molar-refractivity contribution >= 4 is 6.29 Å². The maximum atomic E-state index is 11.5. The van der Waals surface area contributed by atoms with E-state index in [-0.39, 0.29) is 11.3 Å². The van der Waals surface area contributed by atoms with Crippen LogP contribution in [-0.4, -0.2) is 6.29 Å². The van der Waals surface area contributed by atoms with Crippen molar-refractivity contribution in [2.45, 2.75) is 79.6 Å². The van der Waals surface area contributed by atoms with Gasteiger partial charge in [0, 0.05) is 5.92 Å². The Bertz CT molecular complexity index is 383. The van der Waals surface area contributed by atoms with Crippen LogP contribution in [0.5, 0.6) is 0 Å². The van der Waals surface area contributed by atoms with Crippen LogP contribution < -0.4 is 0 Å². The van der Waals surface area contributed by atoms with Crippen molar-refractivity contribution in [3.63, 3.8) is 0 Å². The van der Waals surface area contributed by atoms with E-state index in [9.17, 15) is 4.79 Å². The van der Waals surface area contributed by atoms with Gasteiger partial charge in [0.25, 0.3) is 0 Å². The zero-order valence-corrected chi connectivity index (χ0v) is 14.7. The van der Waals surface area contributed by atoms with E-state index in [2.05, 4.69) is 46.8 Å². The summed E-state index contributed by atoms with van der Waals surface area (Å²) in [5.74, 6) is 1.07. The van der Waals surface area contributed by atoms with E-state index in [0.717, 1.165) is 25.2 Å². The Balaban J connectivity index is 2.61. The van der Waals surface area contributed by atoms with E-state index >= 15 is 0 Å². The Kier molecular flexibility index (Phi) is 7.42. The molecule has 1 saturated carbocycles. The van der Waals surface area contributed by atoms with Crippen LogP contribution in [-0.2, 0) is 4.79 Å². The number of allylic oxidation sites excluding steroid dienone is 4. The quantitative estimate of drug-likeness (QED) is 0.409. The molecule has 1 aliphatic carbocycles. The minimum Gasteiger partial charge on any atom is -0.303 e. The SMILES string of the molecule is CC(C)=CCC[C@H]1CC[C@@H](C=O)[C@](C)(CCC=C(C)C)C1. The Labute approximate surface area is 131 Å². The number of carbonyl (C=O) groups excluding carboxylic acids is 1. The van der Waals surface area contributed by atoms with Crippen molar-refractivity contribution in [1.29, 1.82) is 0 Å². The van der Waals surface area contributed by atoms with E-state index in [4.69, 9.17) is 0 Å². The summed E-state index contributed by atoms with van der Waals surface area (Å²) >= 11 is 0. The molecule has 0 aromatic carbocycles. The third kappa shape index (κ3) is 6.20. The van der Waals surface area contributed by atoms with Gasteiger partial charge in [0.1, 0.15) is 6.29 Å². The minimum absolute atomic E-state index is 0.210. The van der Waals surface area contributed by atoms with Gasteiger partial charge in [0.15, 0.2) is 0 Å². The molecule has 0 aromatic rings. The number of carbonyl (C=O) groups is 1. The summed E-state index contributed by atoms with van der Waals surface area (Å²) in [6, 6.07) is 0. The number of aldehydes is 1. The summed E-state index contributed by atoms with van der Waals surface area (Å²) in [7, 11) is 0. The molecule has 21 heavy (non-hydrogen) atoms. The molecule has 1 aliphatic rings. The van der Waals surface area contributed by atoms with Crippen molar-refractivity contribution in [2.75, 3.05) is 0 Å². The third-order valence-electron chi connectivity index (χ3n) is 5.10. The molecule has 1 rings (SSSR count). The van der Waals surface area contributed by atoms with E-state index in [1.54, 1.807) is 0 Å². The van der Waals surface area contributed by atoms with Crippen LogP contribution in [0.4, 0.5) is 0 Å². The molecule has 0 saturated heterocycles. The summed E-state index contributed by atoms with van der Waals surface area (Å²) < 4.78 is 0. The van der Waals surface area contributed by atoms with E-state index in [0.29, 0.717) is 0 Å². The van der Waals surface area contributed by atoms with Crippen LogP contribution in [0.25, 0.3) is 0 Å². The lowest BCUT2D eigenvalue weighted by Gasteiger charge is -2.42. The van der Waals surface area contributed by atoms with Gasteiger partial charge in [-0.1, -0.05) is 30.2 Å². The summed E-state index contributed by atoms with van der Waals surface area (Å²) in [5, 5.41) is 0. The summed E-state index contributed by atoms with van der Waals surface area (Å²) in [5.41, 5.74) is 3.02. The highest BCUT2D eigenvalue weighted by molar-refractivity contribution is 5.55. The maximum Gasteiger partial charge on any atom is 0.123 e. The standard InChI is InChI=1S/C20H34O/c1-16(2)8-6-10-18-11-12-19(15-21)20(5,14-18)13-7-9-17(3)4/h8-9,15,18-19H,6-7,10-14H2,1-5H3/t18-,19-,20+/m0/s1. The zero-order valence-electron chi connectivity index (χ0n) is 14.7. The molecule has 0 heterocycles. The lowest BCUT2D eigenvalue weighted by Crippen LogP contribution is -2.35. The van der Waals surface area contributed by atoms with Gasteiger partial charge in [-0.05, 0) is 84.0 Å². The highest BCUT2D eigenvalue weighted by Crippen LogP contribution is 2.47. The average Bonchev–Trinajstić information content (AvgIpc) is 2.37. The van der Waals surface area contributed by atoms with Crippen LogP contribution in [0.15, 0.2) is 23.3 Å². The second kappa shape index (κ2) is 8.56. The molecule has 0 bridgehead atoms. The van der Waals surface area contributed by atoms with Gasteiger partial charge in [0.2, 0.25) is 0 Å². The first kappa shape index (κ1) is 18.2. The van der Waals surface area contributed by atoms with Crippen LogP contribution >= 0.6 is 0 Å². The Morgan fingerprint density at radius 2 is 1.67 bits per heavy atom. The molecule has 0 unspecified atom stereocenters. The molecule has 0 amide bonds. The van der Waals surface area contributed by atoms with Gasteiger partial charge in [-0.2, -0.15) is 0 Å². The maximum absolute atomic E-state index is 11.5. The van der Waals surface area contributed by atoms with Crippen LogP contribution in [0.3, 0.4) is 0 Å². The van der Waals surface area contributed by atoms with Crippen LogP contribution in [0.2, 0.25) is 0 Å². The fourth-order valence-electron chi connectivity index (χ4n) is 3.74. The lowest BCUT2D eigenvalue weighted by atomic mass is 9.62. The van der Waals surface area contributed by atoms with Crippen LogP contribution in [0, 0.1) is 17.3 Å². The third-order valence-corrected chi connectivity index (χ3v) is 5.10. The monoisotopic (exact) mass is 290 g/mol. The summed E-state index contributed by atoms with van der Waals surface area (Å²) in [6.07, 6.45) is 14.2. The average molecular weight is 290 g/mol. The normalized spacial score (nSPS) is 28.8. The molecule has 1 heteroatoms. The van der Waals surface area contributed by atoms with Gasteiger partial charge in [-0.15, -0.1) is 0 Å². The van der Waals surface area contributed by atoms with Gasteiger partial charge >= 0.3 is 0 Å². The molecule has 1 nitrogen and oxygen atoms in total. The van der Waals surface area contributed by atoms with E-state index in [1.807, 2.05) is 0 Å². The minimum atomic E-state index is 0.210. The Hall–Kier alpha value is -0.850. The first-order valence-corrected chi connectivity index (χ1v) is 8.59. The van der Waals surface area contributed by atoms with Crippen molar-refractivity contribution in [3.8, 4) is 0 Å². The van der Waals surface area contributed by atoms with Crippen molar-refractivity contribution in [2.24, 2.45) is 17.3 Å². The summed E-state index contributed by atoms with van der Waals surface area (Å²) in [6.45, 7) is 11.0. The summed E-state index contributed by atoms with van der Waals surface area (Å²) in [4.78, 5) is 11.5. The van der Waals surface area contributed by atoms with E-state index < -0.39 is 0 Å². The van der Waals surface area contributed by atoms with Gasteiger partial charge < -0.3 is 4.79 Å². The molecule has 0 spiro atoms. The van der Waals surface area contributed by atoms with Gasteiger partial charge in [0.05, 0.1) is 0 Å². The molecular formula is C20H34O. The highest BCUT2D eigenvalue weighted by atomic mass is 16.1. The largest absolute Gasteiger partial charge is 0.303 e. The number of hydrogen-bond acceptors (Lipinski definition) is 1. The van der Waals surface area contributed by atoms with Gasteiger partial charge in [-0.25, -0.2) is 0 Å².